The second-order valence-electron chi connectivity index (χ2n) is 9.55. The monoisotopic (exact) mass is 588 g/mol. The summed E-state index contributed by atoms with van der Waals surface area (Å²) in [6.07, 6.45) is 1.54. The third kappa shape index (κ3) is 6.10. The number of hydrogen-bond acceptors (Lipinski definition) is 3. The predicted octanol–water partition coefficient (Wildman–Crippen LogP) is 7.32. The maximum Gasteiger partial charge on any atom is 0.304 e. The van der Waals surface area contributed by atoms with Gasteiger partial charge in [0.1, 0.15) is 4.60 Å². The zero-order valence-electron chi connectivity index (χ0n) is 19.8. The van der Waals surface area contributed by atoms with E-state index in [9.17, 15) is 14.7 Å². The molecule has 36 heavy (non-hydrogen) atoms. The number of halogens is 3. The van der Waals surface area contributed by atoms with Gasteiger partial charge in [-0.2, -0.15) is 0 Å². The molecule has 1 amide bonds. The molecule has 3 unspecified atom stereocenters. The number of pyridine rings is 1. The fourth-order valence-corrected chi connectivity index (χ4v) is 5.93. The van der Waals surface area contributed by atoms with Crippen molar-refractivity contribution in [1.29, 1.82) is 0 Å². The number of likely N-dealkylation sites (tertiary alicyclic amines) is 1. The van der Waals surface area contributed by atoms with E-state index < -0.39 is 11.4 Å². The van der Waals surface area contributed by atoms with Crippen LogP contribution in [0.4, 0.5) is 0 Å². The quantitative estimate of drug-likeness (QED) is 0.279. The summed E-state index contributed by atoms with van der Waals surface area (Å²) in [5.41, 5.74) is 1.81. The number of aromatic nitrogens is 1. The number of amides is 1. The molecular weight excluding hydrogens is 563 g/mol. The SMILES string of the molecule is CC1(CC(=O)O)CC(c2cccc(Cl)c2)C(c2ccc(Cl)cc2)N(CCCc2cccc(Br)n2)C1=O. The van der Waals surface area contributed by atoms with E-state index in [1.54, 1.807) is 6.92 Å². The van der Waals surface area contributed by atoms with Gasteiger partial charge in [-0.05, 0) is 82.7 Å². The van der Waals surface area contributed by atoms with Gasteiger partial charge in [0, 0.05) is 28.2 Å². The fourth-order valence-electron chi connectivity index (χ4n) is 5.23. The normalized spacial score (nSPS) is 22.0. The number of hydrogen-bond donors (Lipinski definition) is 1. The Bertz CT molecular complexity index is 1250. The minimum absolute atomic E-state index is 0.143. The zero-order valence-corrected chi connectivity index (χ0v) is 22.9. The second-order valence-corrected chi connectivity index (χ2v) is 11.2. The molecule has 3 atom stereocenters. The van der Waals surface area contributed by atoms with Crippen molar-refractivity contribution in [3.05, 3.63) is 98.2 Å². The van der Waals surface area contributed by atoms with Crippen LogP contribution in [0.15, 0.2) is 71.3 Å². The van der Waals surface area contributed by atoms with Crippen LogP contribution >= 0.6 is 39.1 Å². The van der Waals surface area contributed by atoms with Gasteiger partial charge in [0.25, 0.3) is 0 Å². The largest absolute Gasteiger partial charge is 0.481 e. The number of nitrogens with zero attached hydrogens (tertiary/aromatic N) is 2. The molecular formula is C28H27BrCl2N2O3. The van der Waals surface area contributed by atoms with Crippen molar-refractivity contribution in [3.63, 3.8) is 0 Å². The summed E-state index contributed by atoms with van der Waals surface area (Å²) in [4.78, 5) is 32.2. The Kier molecular flexibility index (Phi) is 8.38. The minimum Gasteiger partial charge on any atom is -0.481 e. The van der Waals surface area contributed by atoms with Crippen molar-refractivity contribution >= 4 is 51.0 Å². The molecule has 0 saturated carbocycles. The number of piperidine rings is 1. The first-order chi connectivity index (χ1) is 17.2. The van der Waals surface area contributed by atoms with Gasteiger partial charge >= 0.3 is 5.97 Å². The first-order valence-corrected chi connectivity index (χ1v) is 13.4. The van der Waals surface area contributed by atoms with Gasteiger partial charge in [-0.25, -0.2) is 4.98 Å². The topological polar surface area (TPSA) is 70.5 Å². The van der Waals surface area contributed by atoms with E-state index in [-0.39, 0.29) is 24.3 Å². The van der Waals surface area contributed by atoms with E-state index in [0.29, 0.717) is 35.9 Å². The molecule has 1 aliphatic rings. The molecule has 2 heterocycles. The Morgan fingerprint density at radius 2 is 1.81 bits per heavy atom. The van der Waals surface area contributed by atoms with Crippen LogP contribution in [0.1, 0.15) is 55.0 Å². The summed E-state index contributed by atoms with van der Waals surface area (Å²) < 4.78 is 0.767. The lowest BCUT2D eigenvalue weighted by Gasteiger charge is -2.49. The van der Waals surface area contributed by atoms with Crippen molar-refractivity contribution in [1.82, 2.24) is 9.88 Å². The number of carbonyl (C=O) groups is 2. The molecule has 0 radical (unpaired) electrons. The van der Waals surface area contributed by atoms with Crippen LogP contribution in [0, 0.1) is 5.41 Å². The Labute approximate surface area is 229 Å². The number of rotatable bonds is 8. The molecule has 3 aromatic rings. The van der Waals surface area contributed by atoms with Crippen molar-refractivity contribution < 1.29 is 14.7 Å². The van der Waals surface area contributed by atoms with E-state index in [4.69, 9.17) is 23.2 Å². The molecule has 1 fully saturated rings. The number of carbonyl (C=O) groups excluding carboxylic acids is 1. The smallest absolute Gasteiger partial charge is 0.304 e. The van der Waals surface area contributed by atoms with E-state index in [1.165, 1.54) is 0 Å². The minimum atomic E-state index is -1.05. The molecule has 0 aliphatic carbocycles. The third-order valence-electron chi connectivity index (χ3n) is 6.80. The Morgan fingerprint density at radius 1 is 1.08 bits per heavy atom. The molecule has 188 valence electrons. The lowest BCUT2D eigenvalue weighted by molar-refractivity contribution is -0.157. The summed E-state index contributed by atoms with van der Waals surface area (Å²) in [6.45, 7) is 2.23. The Hall–Kier alpha value is -2.41. The first kappa shape index (κ1) is 26.6. The highest BCUT2D eigenvalue weighted by atomic mass is 79.9. The van der Waals surface area contributed by atoms with Gasteiger partial charge in [-0.15, -0.1) is 0 Å². The van der Waals surface area contributed by atoms with E-state index in [1.807, 2.05) is 71.6 Å². The summed E-state index contributed by atoms with van der Waals surface area (Å²) in [6, 6.07) is 20.6. The molecule has 1 N–H and O–H groups in total. The number of aliphatic carboxylic acids is 1. The van der Waals surface area contributed by atoms with Crippen LogP contribution in [0.25, 0.3) is 0 Å². The van der Waals surface area contributed by atoms with Gasteiger partial charge in [0.15, 0.2) is 0 Å². The fraction of sp³-hybridized carbons (Fsp3) is 0.321. The van der Waals surface area contributed by atoms with Crippen molar-refractivity contribution in [2.24, 2.45) is 5.41 Å². The summed E-state index contributed by atoms with van der Waals surface area (Å²) in [7, 11) is 0. The van der Waals surface area contributed by atoms with Crippen LogP contribution < -0.4 is 0 Å². The lowest BCUT2D eigenvalue weighted by Crippen LogP contribution is -2.52. The highest BCUT2D eigenvalue weighted by Gasteiger charge is 2.50. The molecule has 5 nitrogen and oxygen atoms in total. The number of carboxylic acid groups (broad SMARTS) is 1. The lowest BCUT2D eigenvalue weighted by atomic mass is 9.67. The first-order valence-electron chi connectivity index (χ1n) is 11.8. The maximum atomic E-state index is 14.0. The van der Waals surface area contributed by atoms with Gasteiger partial charge in [0.05, 0.1) is 17.9 Å². The maximum absolute atomic E-state index is 14.0. The molecule has 0 bridgehead atoms. The van der Waals surface area contributed by atoms with E-state index in [0.717, 1.165) is 21.4 Å². The molecule has 8 heteroatoms. The average molecular weight is 590 g/mol. The summed E-state index contributed by atoms with van der Waals surface area (Å²) in [5.74, 6) is -1.28. The van der Waals surface area contributed by atoms with Crippen molar-refractivity contribution in [2.75, 3.05) is 6.54 Å². The summed E-state index contributed by atoms with van der Waals surface area (Å²) >= 11 is 16.0. The van der Waals surface area contributed by atoms with Gasteiger partial charge in [0.2, 0.25) is 5.91 Å². The van der Waals surface area contributed by atoms with Crippen LogP contribution in [0.2, 0.25) is 10.0 Å². The number of carboxylic acids is 1. The Morgan fingerprint density at radius 3 is 2.47 bits per heavy atom. The van der Waals surface area contributed by atoms with Crippen LogP contribution in [-0.2, 0) is 16.0 Å². The standard InChI is InChI=1S/C28H27BrCl2N2O3/c1-28(17-25(34)35)16-23(19-5-2-6-21(31)15-19)26(18-10-12-20(30)13-11-18)33(27(28)36)14-4-8-22-7-3-9-24(29)32-22/h2-3,5-7,9-13,15,23,26H,4,8,14,16-17H2,1H3,(H,34,35). The van der Waals surface area contributed by atoms with E-state index in [2.05, 4.69) is 20.9 Å². The van der Waals surface area contributed by atoms with Crippen LogP contribution in [-0.4, -0.2) is 33.4 Å². The van der Waals surface area contributed by atoms with Crippen molar-refractivity contribution in [2.45, 2.75) is 44.6 Å². The van der Waals surface area contributed by atoms with Crippen LogP contribution in [0.5, 0.6) is 0 Å². The van der Waals surface area contributed by atoms with Gasteiger partial charge in [-0.3, -0.25) is 9.59 Å². The number of aryl methyl sites for hydroxylation is 1. The average Bonchev–Trinajstić information content (AvgIpc) is 2.82. The third-order valence-corrected chi connectivity index (χ3v) is 7.73. The molecule has 0 spiro atoms. The van der Waals surface area contributed by atoms with Gasteiger partial charge < -0.3 is 10.0 Å². The van der Waals surface area contributed by atoms with E-state index >= 15 is 0 Å². The molecule has 1 aromatic heterocycles. The Balaban J connectivity index is 1.74. The zero-order chi connectivity index (χ0) is 25.9. The second kappa shape index (κ2) is 11.3. The molecule has 2 aromatic carbocycles. The van der Waals surface area contributed by atoms with Crippen molar-refractivity contribution in [3.8, 4) is 0 Å². The predicted molar refractivity (Wildman–Crippen MR) is 145 cm³/mol. The highest BCUT2D eigenvalue weighted by molar-refractivity contribution is 9.10. The number of benzene rings is 2. The summed E-state index contributed by atoms with van der Waals surface area (Å²) in [5, 5.41) is 10.9. The molecule has 4 rings (SSSR count). The van der Waals surface area contributed by atoms with Crippen LogP contribution in [0.3, 0.4) is 0 Å². The molecule has 1 aliphatic heterocycles. The highest BCUT2D eigenvalue weighted by Crippen LogP contribution is 2.51. The van der Waals surface area contributed by atoms with Gasteiger partial charge in [-0.1, -0.05) is 60.5 Å². The molecule has 1 saturated heterocycles.